The van der Waals surface area contributed by atoms with Crippen LogP contribution in [0.1, 0.15) is 19.8 Å². The summed E-state index contributed by atoms with van der Waals surface area (Å²) < 4.78 is 48.0. The van der Waals surface area contributed by atoms with Gasteiger partial charge < -0.3 is 14.4 Å². The molecule has 1 rings (SSSR count). The van der Waals surface area contributed by atoms with Crippen LogP contribution in [-0.2, 0) is 23.9 Å². The average Bonchev–Trinajstić information content (AvgIpc) is 2.76. The van der Waals surface area contributed by atoms with E-state index in [1.165, 1.54) is 6.92 Å². The first-order chi connectivity index (χ1) is 9.70. The fraction of sp³-hybridized carbons (Fsp3) is 0.750. The molecule has 2 atom stereocenters. The molecule has 1 heterocycles. The molecule has 120 valence electrons. The summed E-state index contributed by atoms with van der Waals surface area (Å²) in [7, 11) is 1.09. The maximum atomic E-state index is 13.0. The van der Waals surface area contributed by atoms with Crippen LogP contribution in [0, 0.1) is 5.92 Å². The predicted molar refractivity (Wildman–Crippen MR) is 62.9 cm³/mol. The van der Waals surface area contributed by atoms with Gasteiger partial charge in [-0.3, -0.25) is 14.4 Å². The molecule has 1 aliphatic rings. The van der Waals surface area contributed by atoms with Gasteiger partial charge in [-0.15, -0.1) is 0 Å². The van der Waals surface area contributed by atoms with Gasteiger partial charge in [0.1, 0.15) is 6.04 Å². The Hall–Kier alpha value is -1.80. The molecule has 1 saturated heterocycles. The third kappa shape index (κ3) is 4.33. The maximum absolute atomic E-state index is 13.0. The summed E-state index contributed by atoms with van der Waals surface area (Å²) in [5, 5.41) is 0. The zero-order chi connectivity index (χ0) is 16.2. The number of hydrogen-bond acceptors (Lipinski definition) is 5. The summed E-state index contributed by atoms with van der Waals surface area (Å²) >= 11 is 0. The Balaban J connectivity index is 2.87. The number of hydrogen-bond donors (Lipinski definition) is 0. The molecule has 0 aromatic carbocycles. The van der Waals surface area contributed by atoms with Crippen molar-refractivity contribution in [3.8, 4) is 0 Å². The minimum atomic E-state index is -4.78. The highest BCUT2D eigenvalue weighted by atomic mass is 19.4. The largest absolute Gasteiger partial charge is 0.469 e. The van der Waals surface area contributed by atoms with E-state index in [0.29, 0.717) is 4.90 Å². The highest BCUT2D eigenvalue weighted by molar-refractivity contribution is 5.87. The number of ether oxygens (including phenoxy) is 2. The van der Waals surface area contributed by atoms with Crippen molar-refractivity contribution in [1.82, 2.24) is 4.90 Å². The molecule has 6 nitrogen and oxygen atoms in total. The van der Waals surface area contributed by atoms with Crippen LogP contribution < -0.4 is 0 Å². The minimum Gasteiger partial charge on any atom is -0.469 e. The fourth-order valence-corrected chi connectivity index (χ4v) is 2.14. The van der Waals surface area contributed by atoms with E-state index < -0.39 is 48.9 Å². The molecule has 9 heteroatoms. The Bertz CT molecular complexity index is 424. The van der Waals surface area contributed by atoms with Gasteiger partial charge in [0.2, 0.25) is 5.91 Å². The Labute approximate surface area is 119 Å². The van der Waals surface area contributed by atoms with Crippen LogP contribution in [-0.4, -0.2) is 55.2 Å². The number of nitrogens with zero attached hydrogens (tertiary/aromatic N) is 1. The van der Waals surface area contributed by atoms with E-state index in [2.05, 4.69) is 9.47 Å². The summed E-state index contributed by atoms with van der Waals surface area (Å²) in [4.78, 5) is 34.8. The molecule has 2 unspecified atom stereocenters. The van der Waals surface area contributed by atoms with Crippen LogP contribution in [0.4, 0.5) is 13.2 Å². The van der Waals surface area contributed by atoms with Gasteiger partial charge in [-0.1, -0.05) is 0 Å². The number of alkyl halides is 3. The minimum absolute atomic E-state index is 0.0534. The standard InChI is InChI=1S/C12H16F3NO5/c1-3-21-10(18)5-8(12(13,14)15)16-6-7(4-9(16)17)11(19)20-2/h7-8H,3-6H2,1-2H3. The van der Waals surface area contributed by atoms with Crippen LogP contribution in [0.5, 0.6) is 0 Å². The molecule has 0 bridgehead atoms. The second kappa shape index (κ2) is 6.77. The van der Waals surface area contributed by atoms with Gasteiger partial charge in [0.15, 0.2) is 0 Å². The van der Waals surface area contributed by atoms with Crippen molar-refractivity contribution in [2.24, 2.45) is 5.92 Å². The third-order valence-electron chi connectivity index (χ3n) is 3.11. The molecule has 0 spiro atoms. The van der Waals surface area contributed by atoms with Crippen LogP contribution in [0.2, 0.25) is 0 Å². The number of rotatable bonds is 5. The van der Waals surface area contributed by atoms with Crippen LogP contribution in [0.15, 0.2) is 0 Å². The summed E-state index contributed by atoms with van der Waals surface area (Å²) in [6, 6.07) is -2.29. The normalized spacial score (nSPS) is 20.3. The lowest BCUT2D eigenvalue weighted by Crippen LogP contribution is -2.48. The number of likely N-dealkylation sites (tertiary alicyclic amines) is 1. The molecule has 0 aromatic rings. The highest BCUT2D eigenvalue weighted by Crippen LogP contribution is 2.32. The average molecular weight is 311 g/mol. The first kappa shape index (κ1) is 17.3. The van der Waals surface area contributed by atoms with E-state index >= 15 is 0 Å². The van der Waals surface area contributed by atoms with Gasteiger partial charge in [0.25, 0.3) is 0 Å². The van der Waals surface area contributed by atoms with Gasteiger partial charge in [0, 0.05) is 13.0 Å². The Morgan fingerprint density at radius 2 is 2.05 bits per heavy atom. The number of carbonyl (C=O) groups excluding carboxylic acids is 3. The third-order valence-corrected chi connectivity index (χ3v) is 3.11. The quantitative estimate of drug-likeness (QED) is 0.705. The van der Waals surface area contributed by atoms with Crippen LogP contribution in [0.25, 0.3) is 0 Å². The van der Waals surface area contributed by atoms with Crippen molar-refractivity contribution in [2.45, 2.75) is 32.0 Å². The van der Waals surface area contributed by atoms with Crippen LogP contribution in [0.3, 0.4) is 0 Å². The lowest BCUT2D eigenvalue weighted by atomic mass is 10.1. The molecule has 1 aliphatic heterocycles. The zero-order valence-electron chi connectivity index (χ0n) is 11.6. The van der Waals surface area contributed by atoms with Gasteiger partial charge >= 0.3 is 18.1 Å². The Morgan fingerprint density at radius 3 is 2.52 bits per heavy atom. The number of esters is 2. The molecule has 0 aliphatic carbocycles. The summed E-state index contributed by atoms with van der Waals surface area (Å²) in [5.74, 6) is -3.58. The number of carbonyl (C=O) groups is 3. The molecule has 1 fully saturated rings. The molecule has 0 radical (unpaired) electrons. The van der Waals surface area contributed by atoms with Crippen molar-refractivity contribution in [3.05, 3.63) is 0 Å². The van der Waals surface area contributed by atoms with Gasteiger partial charge in [-0.05, 0) is 6.92 Å². The van der Waals surface area contributed by atoms with E-state index in [0.717, 1.165) is 7.11 Å². The van der Waals surface area contributed by atoms with Crippen LogP contribution >= 0.6 is 0 Å². The van der Waals surface area contributed by atoms with Gasteiger partial charge in [-0.25, -0.2) is 0 Å². The highest BCUT2D eigenvalue weighted by Gasteiger charge is 2.50. The lowest BCUT2D eigenvalue weighted by Gasteiger charge is -2.29. The smallest absolute Gasteiger partial charge is 0.409 e. The van der Waals surface area contributed by atoms with E-state index in [-0.39, 0.29) is 13.0 Å². The zero-order valence-corrected chi connectivity index (χ0v) is 11.6. The number of amides is 1. The van der Waals surface area contributed by atoms with E-state index in [9.17, 15) is 27.6 Å². The first-order valence-corrected chi connectivity index (χ1v) is 6.30. The second-order valence-corrected chi connectivity index (χ2v) is 4.54. The lowest BCUT2D eigenvalue weighted by molar-refractivity contribution is -0.193. The molecule has 21 heavy (non-hydrogen) atoms. The predicted octanol–water partition coefficient (Wildman–Crippen LogP) is 0.892. The van der Waals surface area contributed by atoms with Crippen molar-refractivity contribution in [3.63, 3.8) is 0 Å². The van der Waals surface area contributed by atoms with Crippen molar-refractivity contribution in [2.75, 3.05) is 20.3 Å². The van der Waals surface area contributed by atoms with Crippen molar-refractivity contribution < 1.29 is 37.0 Å². The summed E-state index contributed by atoms with van der Waals surface area (Å²) in [6.45, 7) is 0.992. The molecule has 0 N–H and O–H groups in total. The molecule has 0 aromatic heterocycles. The van der Waals surface area contributed by atoms with Gasteiger partial charge in [-0.2, -0.15) is 13.2 Å². The monoisotopic (exact) mass is 311 g/mol. The summed E-state index contributed by atoms with van der Waals surface area (Å²) in [5.41, 5.74) is 0. The fourth-order valence-electron chi connectivity index (χ4n) is 2.14. The Kier molecular flexibility index (Phi) is 5.56. The SMILES string of the molecule is CCOC(=O)CC(N1CC(C(=O)OC)CC1=O)C(F)(F)F. The number of halogens is 3. The van der Waals surface area contributed by atoms with E-state index in [4.69, 9.17) is 0 Å². The van der Waals surface area contributed by atoms with E-state index in [1.807, 2.05) is 0 Å². The first-order valence-electron chi connectivity index (χ1n) is 6.30. The molecule has 0 saturated carbocycles. The van der Waals surface area contributed by atoms with Crippen molar-refractivity contribution >= 4 is 17.8 Å². The number of methoxy groups -OCH3 is 1. The topological polar surface area (TPSA) is 72.9 Å². The summed E-state index contributed by atoms with van der Waals surface area (Å²) in [6.07, 6.45) is -6.13. The molecular formula is C12H16F3NO5. The second-order valence-electron chi connectivity index (χ2n) is 4.54. The van der Waals surface area contributed by atoms with E-state index in [1.54, 1.807) is 0 Å². The maximum Gasteiger partial charge on any atom is 0.409 e. The molecule has 1 amide bonds. The molecular weight excluding hydrogens is 295 g/mol. The Morgan fingerprint density at radius 1 is 1.43 bits per heavy atom. The van der Waals surface area contributed by atoms with Crippen molar-refractivity contribution in [1.29, 1.82) is 0 Å². The van der Waals surface area contributed by atoms with Gasteiger partial charge in [0.05, 0.1) is 26.1 Å².